The third-order valence-corrected chi connectivity index (χ3v) is 5.97. The van der Waals surface area contributed by atoms with Crippen LogP contribution >= 0.6 is 11.3 Å². The topological polar surface area (TPSA) is 48.3 Å². The number of hydrogen-bond donors (Lipinski definition) is 1. The van der Waals surface area contributed by atoms with E-state index in [1.807, 2.05) is 37.3 Å². The molecule has 3 heterocycles. The summed E-state index contributed by atoms with van der Waals surface area (Å²) in [4.78, 5) is 6.02. The Hall–Kier alpha value is -3.25. The summed E-state index contributed by atoms with van der Waals surface area (Å²) in [7, 11) is 1.70. The van der Waals surface area contributed by atoms with Gasteiger partial charge in [0.1, 0.15) is 11.5 Å². The standard InChI is InChI=1S/C23H21N3O2S/c1-3-28-15-10-11-16(21(13-15)27-2)20-14-18(22-9-6-12-29-22)25-23-24-17-7-4-5-8-19(17)26(20)23/h4-14,20H,3H2,1-2H3,(H,24,25). The number of methoxy groups -OCH3 is 1. The van der Waals surface area contributed by atoms with E-state index in [4.69, 9.17) is 14.5 Å². The van der Waals surface area contributed by atoms with Gasteiger partial charge in [0.15, 0.2) is 0 Å². The summed E-state index contributed by atoms with van der Waals surface area (Å²) in [6.45, 7) is 2.60. The zero-order chi connectivity index (χ0) is 19.8. The van der Waals surface area contributed by atoms with Crippen LogP contribution in [0.25, 0.3) is 16.7 Å². The summed E-state index contributed by atoms with van der Waals surface area (Å²) >= 11 is 1.71. The Morgan fingerprint density at radius 3 is 2.83 bits per heavy atom. The minimum Gasteiger partial charge on any atom is -0.496 e. The van der Waals surface area contributed by atoms with Crippen LogP contribution in [0.3, 0.4) is 0 Å². The van der Waals surface area contributed by atoms with Crippen LogP contribution in [0.1, 0.15) is 23.4 Å². The molecule has 0 spiro atoms. The number of thiophene rings is 1. The van der Waals surface area contributed by atoms with Gasteiger partial charge in [0.05, 0.1) is 41.4 Å². The van der Waals surface area contributed by atoms with E-state index in [0.29, 0.717) is 6.61 Å². The lowest BCUT2D eigenvalue weighted by atomic mass is 10.0. The average molecular weight is 404 g/mol. The van der Waals surface area contributed by atoms with Gasteiger partial charge in [0, 0.05) is 11.6 Å². The minimum absolute atomic E-state index is 0.0543. The van der Waals surface area contributed by atoms with Crippen molar-refractivity contribution in [2.75, 3.05) is 19.0 Å². The molecule has 4 aromatic rings. The number of imidazole rings is 1. The monoisotopic (exact) mass is 403 g/mol. The predicted octanol–water partition coefficient (Wildman–Crippen LogP) is 5.56. The average Bonchev–Trinajstić information content (AvgIpc) is 3.41. The summed E-state index contributed by atoms with van der Waals surface area (Å²) in [5.41, 5.74) is 4.17. The summed E-state index contributed by atoms with van der Waals surface area (Å²) in [6, 6.07) is 18.4. The second kappa shape index (κ2) is 7.29. The number of hydrogen-bond acceptors (Lipinski definition) is 5. The van der Waals surface area contributed by atoms with Gasteiger partial charge < -0.3 is 14.8 Å². The van der Waals surface area contributed by atoms with Crippen molar-refractivity contribution in [2.24, 2.45) is 0 Å². The molecule has 1 unspecified atom stereocenters. The lowest BCUT2D eigenvalue weighted by Gasteiger charge is -2.27. The van der Waals surface area contributed by atoms with Gasteiger partial charge in [-0.15, -0.1) is 11.3 Å². The van der Waals surface area contributed by atoms with Crippen LogP contribution in [0.4, 0.5) is 5.95 Å². The third-order valence-electron chi connectivity index (χ3n) is 5.07. The highest BCUT2D eigenvalue weighted by Gasteiger charge is 2.27. The van der Waals surface area contributed by atoms with Crippen molar-refractivity contribution in [1.29, 1.82) is 0 Å². The van der Waals surface area contributed by atoms with Crippen molar-refractivity contribution < 1.29 is 9.47 Å². The molecular weight excluding hydrogens is 382 g/mol. The van der Waals surface area contributed by atoms with Gasteiger partial charge in [-0.05, 0) is 48.7 Å². The fourth-order valence-electron chi connectivity index (χ4n) is 3.81. The van der Waals surface area contributed by atoms with Crippen molar-refractivity contribution in [3.05, 3.63) is 76.5 Å². The lowest BCUT2D eigenvalue weighted by Crippen LogP contribution is -2.19. The minimum atomic E-state index is -0.0543. The van der Waals surface area contributed by atoms with E-state index in [-0.39, 0.29) is 6.04 Å². The van der Waals surface area contributed by atoms with Crippen LogP contribution in [0, 0.1) is 0 Å². The molecule has 5 nitrogen and oxygen atoms in total. The third kappa shape index (κ3) is 3.06. The number of allylic oxidation sites excluding steroid dienone is 1. The molecule has 0 aliphatic carbocycles. The van der Waals surface area contributed by atoms with Gasteiger partial charge >= 0.3 is 0 Å². The molecule has 0 fully saturated rings. The van der Waals surface area contributed by atoms with Gasteiger partial charge in [0.25, 0.3) is 0 Å². The second-order valence-corrected chi connectivity index (χ2v) is 7.71. The summed E-state index contributed by atoms with van der Waals surface area (Å²) in [5, 5.41) is 5.60. The molecule has 6 heteroatoms. The highest BCUT2D eigenvalue weighted by atomic mass is 32.1. The zero-order valence-corrected chi connectivity index (χ0v) is 17.1. The first kappa shape index (κ1) is 17.8. The highest BCUT2D eigenvalue weighted by molar-refractivity contribution is 7.11. The van der Waals surface area contributed by atoms with E-state index >= 15 is 0 Å². The Kier molecular flexibility index (Phi) is 4.48. The van der Waals surface area contributed by atoms with Crippen LogP contribution in [0.15, 0.2) is 66.1 Å². The van der Waals surface area contributed by atoms with E-state index in [1.54, 1.807) is 18.4 Å². The number of rotatable bonds is 5. The second-order valence-electron chi connectivity index (χ2n) is 6.76. The van der Waals surface area contributed by atoms with Crippen LogP contribution in [0.5, 0.6) is 11.5 Å². The zero-order valence-electron chi connectivity index (χ0n) is 16.3. The molecule has 5 rings (SSSR count). The highest BCUT2D eigenvalue weighted by Crippen LogP contribution is 2.41. The molecule has 1 aliphatic rings. The number of para-hydroxylation sites is 2. The SMILES string of the molecule is CCOc1ccc(C2C=C(c3cccs3)Nc3nc4ccccc4n32)c(OC)c1. The molecule has 146 valence electrons. The first-order valence-corrected chi connectivity index (χ1v) is 10.5. The van der Waals surface area contributed by atoms with Gasteiger partial charge in [-0.1, -0.05) is 18.2 Å². The normalized spacial score (nSPS) is 15.5. The number of anilines is 1. The molecule has 0 bridgehead atoms. The largest absolute Gasteiger partial charge is 0.496 e. The number of nitrogens with zero attached hydrogens (tertiary/aromatic N) is 2. The number of nitrogens with one attached hydrogen (secondary N) is 1. The number of ether oxygens (including phenoxy) is 2. The number of benzene rings is 2. The van der Waals surface area contributed by atoms with E-state index in [2.05, 4.69) is 45.6 Å². The van der Waals surface area contributed by atoms with Gasteiger partial charge in [-0.25, -0.2) is 4.98 Å². The number of aromatic nitrogens is 2. The van der Waals surface area contributed by atoms with Crippen molar-refractivity contribution in [1.82, 2.24) is 9.55 Å². The smallest absolute Gasteiger partial charge is 0.209 e. The lowest BCUT2D eigenvalue weighted by molar-refractivity contribution is 0.335. The molecular formula is C23H21N3O2S. The Labute approximate surface area is 173 Å². The molecule has 0 amide bonds. The fraction of sp³-hybridized carbons (Fsp3) is 0.174. The molecule has 1 aliphatic heterocycles. The first-order chi connectivity index (χ1) is 14.3. The van der Waals surface area contributed by atoms with Crippen LogP contribution < -0.4 is 14.8 Å². The quantitative estimate of drug-likeness (QED) is 0.474. The molecule has 0 saturated heterocycles. The number of fused-ring (bicyclic) bond motifs is 3. The molecule has 0 radical (unpaired) electrons. The summed E-state index contributed by atoms with van der Waals surface area (Å²) in [5.74, 6) is 2.44. The Bertz CT molecular complexity index is 1190. The van der Waals surface area contributed by atoms with Gasteiger partial charge in [-0.2, -0.15) is 0 Å². The van der Waals surface area contributed by atoms with Crippen LogP contribution in [-0.4, -0.2) is 23.3 Å². The maximum absolute atomic E-state index is 5.75. The van der Waals surface area contributed by atoms with Crippen molar-refractivity contribution in [3.8, 4) is 11.5 Å². The molecule has 1 atom stereocenters. The molecule has 1 N–H and O–H groups in total. The van der Waals surface area contributed by atoms with Gasteiger partial charge in [-0.3, -0.25) is 4.57 Å². The van der Waals surface area contributed by atoms with Crippen molar-refractivity contribution in [2.45, 2.75) is 13.0 Å². The van der Waals surface area contributed by atoms with E-state index in [1.165, 1.54) is 4.88 Å². The molecule has 2 aromatic carbocycles. The summed E-state index contributed by atoms with van der Waals surface area (Å²) < 4.78 is 13.7. The van der Waals surface area contributed by atoms with Crippen molar-refractivity contribution >= 4 is 34.0 Å². The van der Waals surface area contributed by atoms with Crippen molar-refractivity contribution in [3.63, 3.8) is 0 Å². The Morgan fingerprint density at radius 2 is 2.03 bits per heavy atom. The van der Waals surface area contributed by atoms with Crippen LogP contribution in [0.2, 0.25) is 0 Å². The fourth-order valence-corrected chi connectivity index (χ4v) is 4.51. The Morgan fingerprint density at radius 1 is 1.14 bits per heavy atom. The maximum atomic E-state index is 5.75. The Balaban J connectivity index is 1.71. The molecule has 0 saturated carbocycles. The first-order valence-electron chi connectivity index (χ1n) is 9.59. The summed E-state index contributed by atoms with van der Waals surface area (Å²) in [6.07, 6.45) is 2.24. The molecule has 2 aromatic heterocycles. The van der Waals surface area contributed by atoms with Gasteiger partial charge in [0.2, 0.25) is 5.95 Å². The predicted molar refractivity (Wildman–Crippen MR) is 118 cm³/mol. The van der Waals surface area contributed by atoms with E-state index in [9.17, 15) is 0 Å². The maximum Gasteiger partial charge on any atom is 0.209 e. The van der Waals surface area contributed by atoms with E-state index < -0.39 is 0 Å². The van der Waals surface area contributed by atoms with E-state index in [0.717, 1.165) is 39.7 Å². The van der Waals surface area contributed by atoms with Crippen LogP contribution in [-0.2, 0) is 0 Å². The molecule has 29 heavy (non-hydrogen) atoms.